The number of nitro groups is 1. The molecule has 0 radical (unpaired) electrons. The molecule has 3 aromatic carbocycles. The van der Waals surface area contributed by atoms with Crippen molar-refractivity contribution in [3.05, 3.63) is 94.0 Å². The van der Waals surface area contributed by atoms with E-state index < -0.39 is 22.3 Å². The Labute approximate surface area is 215 Å². The topological polar surface area (TPSA) is 106 Å². The molecule has 0 spiro atoms. The number of aliphatic imine (C=N–C) groups is 1. The largest absolute Gasteiger partial charge is 0.319 e. The van der Waals surface area contributed by atoms with Crippen LogP contribution in [0.4, 0.5) is 11.4 Å². The van der Waals surface area contributed by atoms with Crippen LogP contribution in [0.3, 0.4) is 0 Å². The predicted octanol–water partition coefficient (Wildman–Crippen LogP) is 6.69. The summed E-state index contributed by atoms with van der Waals surface area (Å²) < 4.78 is 0. The first-order valence-corrected chi connectivity index (χ1v) is 12.7. The van der Waals surface area contributed by atoms with Crippen molar-refractivity contribution in [3.8, 4) is 23.3 Å². The van der Waals surface area contributed by atoms with Crippen LogP contribution in [0.5, 0.6) is 0 Å². The van der Waals surface area contributed by atoms with E-state index in [0.717, 1.165) is 48.1 Å². The van der Waals surface area contributed by atoms with Gasteiger partial charge in [-0.2, -0.15) is 10.5 Å². The van der Waals surface area contributed by atoms with Crippen LogP contribution in [-0.2, 0) is 0 Å². The summed E-state index contributed by atoms with van der Waals surface area (Å²) in [5, 5.41) is 32.9. The molecule has 37 heavy (non-hydrogen) atoms. The molecule has 0 aromatic heterocycles. The first-order chi connectivity index (χ1) is 18.1. The number of benzene rings is 3. The summed E-state index contributed by atoms with van der Waals surface area (Å²) in [6.07, 6.45) is 5.34. The second kappa shape index (κ2) is 8.87. The van der Waals surface area contributed by atoms with Crippen LogP contribution in [0, 0.1) is 38.2 Å². The average Bonchev–Trinajstić information content (AvgIpc) is 3.24. The maximum Gasteiger partial charge on any atom is 0.269 e. The lowest BCUT2D eigenvalue weighted by Gasteiger charge is -2.38. The summed E-state index contributed by atoms with van der Waals surface area (Å²) in [6.45, 7) is 0. The third kappa shape index (κ3) is 3.42. The molecule has 0 unspecified atom stereocenters. The van der Waals surface area contributed by atoms with Crippen LogP contribution < -0.4 is 4.90 Å². The molecule has 2 fully saturated rings. The lowest BCUT2D eigenvalue weighted by Crippen LogP contribution is -2.35. The summed E-state index contributed by atoms with van der Waals surface area (Å²) in [7, 11) is 0. The van der Waals surface area contributed by atoms with Crippen molar-refractivity contribution in [2.75, 3.05) is 4.90 Å². The highest BCUT2D eigenvalue weighted by molar-refractivity contribution is 6.11. The third-order valence-electron chi connectivity index (χ3n) is 8.06. The van der Waals surface area contributed by atoms with Crippen LogP contribution in [0.2, 0.25) is 0 Å². The Morgan fingerprint density at radius 2 is 1.54 bits per heavy atom. The van der Waals surface area contributed by atoms with Crippen molar-refractivity contribution < 1.29 is 4.92 Å². The van der Waals surface area contributed by atoms with E-state index in [0.29, 0.717) is 11.4 Å². The Balaban J connectivity index is 1.65. The van der Waals surface area contributed by atoms with Crippen LogP contribution in [0.25, 0.3) is 11.1 Å². The molecule has 3 aromatic rings. The number of nitro benzene ring substituents is 1. The van der Waals surface area contributed by atoms with Gasteiger partial charge in [0.25, 0.3) is 5.69 Å². The molecule has 182 valence electrons. The summed E-state index contributed by atoms with van der Waals surface area (Å²) in [4.78, 5) is 18.3. The number of nitrogens with zero attached hydrogens (tertiary/aromatic N) is 5. The summed E-state index contributed by atoms with van der Waals surface area (Å²) in [5.74, 6) is 0.0465. The van der Waals surface area contributed by atoms with E-state index in [1.807, 2.05) is 42.5 Å². The van der Waals surface area contributed by atoms with Crippen molar-refractivity contribution in [1.82, 2.24) is 0 Å². The molecule has 0 bridgehead atoms. The number of para-hydroxylation sites is 1. The van der Waals surface area contributed by atoms with Crippen LogP contribution in [0.1, 0.15) is 55.2 Å². The van der Waals surface area contributed by atoms with Gasteiger partial charge in [-0.15, -0.1) is 0 Å². The standard InChI is InChI=1S/C30H25N5O2/c31-18-30(19-32)27(20-14-16-22(17-15-20)35(36)37)29(33-21-8-2-1-3-9-21)34-26-13-7-6-11-24(26)23-10-4-5-12-25(23)28(30)34/h4-7,10-17,21,27-28H,1-3,8-9H2/t27-,28+/m0/s1. The fourth-order valence-electron chi connectivity index (χ4n) is 6.39. The van der Waals surface area contributed by atoms with Crippen molar-refractivity contribution >= 4 is 17.2 Å². The second-order valence-corrected chi connectivity index (χ2v) is 10.0. The molecule has 2 aliphatic heterocycles. The normalized spacial score (nSPS) is 22.9. The zero-order chi connectivity index (χ0) is 25.6. The Morgan fingerprint density at radius 3 is 2.22 bits per heavy atom. The van der Waals surface area contributed by atoms with Crippen molar-refractivity contribution in [2.24, 2.45) is 10.4 Å². The first-order valence-electron chi connectivity index (χ1n) is 12.7. The van der Waals surface area contributed by atoms with Gasteiger partial charge in [0.1, 0.15) is 5.84 Å². The zero-order valence-corrected chi connectivity index (χ0v) is 20.2. The molecule has 1 aliphatic carbocycles. The van der Waals surface area contributed by atoms with E-state index in [9.17, 15) is 20.6 Å². The SMILES string of the molecule is N#CC1(C#N)[C@@H](c2ccc([N+](=O)[O-])cc2)C(=NC2CCCCC2)N2c3ccccc3-c3ccccc3[C@@H]21. The number of rotatable bonds is 3. The van der Waals surface area contributed by atoms with Gasteiger partial charge in [0.15, 0.2) is 5.41 Å². The molecule has 1 saturated heterocycles. The minimum Gasteiger partial charge on any atom is -0.319 e. The second-order valence-electron chi connectivity index (χ2n) is 10.0. The quantitative estimate of drug-likeness (QED) is 0.302. The van der Waals surface area contributed by atoms with E-state index in [1.165, 1.54) is 18.6 Å². The number of amidine groups is 1. The molecule has 2 heterocycles. The molecule has 7 heteroatoms. The maximum absolute atomic E-state index is 11.3. The van der Waals surface area contributed by atoms with Gasteiger partial charge in [-0.25, -0.2) is 0 Å². The van der Waals surface area contributed by atoms with Gasteiger partial charge in [0.2, 0.25) is 0 Å². The van der Waals surface area contributed by atoms with Gasteiger partial charge < -0.3 is 4.90 Å². The molecule has 0 amide bonds. The minimum atomic E-state index is -1.48. The Bertz CT molecular complexity index is 1480. The van der Waals surface area contributed by atoms with Crippen molar-refractivity contribution in [3.63, 3.8) is 0 Å². The number of hydrogen-bond acceptors (Lipinski definition) is 5. The fourth-order valence-corrected chi connectivity index (χ4v) is 6.39. The first kappa shape index (κ1) is 22.9. The highest BCUT2D eigenvalue weighted by Gasteiger charge is 2.62. The Morgan fingerprint density at radius 1 is 0.892 bits per heavy atom. The smallest absolute Gasteiger partial charge is 0.269 e. The average molecular weight is 488 g/mol. The van der Waals surface area contributed by atoms with Crippen molar-refractivity contribution in [2.45, 2.75) is 50.1 Å². The number of nitriles is 2. The Hall–Kier alpha value is -4.49. The highest BCUT2D eigenvalue weighted by atomic mass is 16.6. The molecular formula is C30H25N5O2. The number of non-ortho nitro benzene ring substituents is 1. The molecule has 3 aliphatic rings. The molecular weight excluding hydrogens is 462 g/mol. The molecule has 2 atom stereocenters. The van der Waals surface area contributed by atoms with Crippen LogP contribution in [-0.4, -0.2) is 16.8 Å². The summed E-state index contributed by atoms with van der Waals surface area (Å²) >= 11 is 0. The van der Waals surface area contributed by atoms with Crippen molar-refractivity contribution in [1.29, 1.82) is 10.5 Å². The highest BCUT2D eigenvalue weighted by Crippen LogP contribution is 2.61. The Kier molecular flexibility index (Phi) is 5.50. The van der Waals surface area contributed by atoms with E-state index >= 15 is 0 Å². The predicted molar refractivity (Wildman–Crippen MR) is 141 cm³/mol. The van der Waals surface area contributed by atoms with Gasteiger partial charge >= 0.3 is 0 Å². The van der Waals surface area contributed by atoms with Gasteiger partial charge in [0.05, 0.1) is 40.8 Å². The van der Waals surface area contributed by atoms with E-state index in [2.05, 4.69) is 23.1 Å². The van der Waals surface area contributed by atoms with Gasteiger partial charge in [-0.05, 0) is 35.6 Å². The number of anilines is 1. The monoisotopic (exact) mass is 487 g/mol. The van der Waals surface area contributed by atoms with Gasteiger partial charge in [0, 0.05) is 17.7 Å². The minimum absolute atomic E-state index is 0.0274. The lowest BCUT2D eigenvalue weighted by molar-refractivity contribution is -0.384. The fraction of sp³-hybridized carbons (Fsp3) is 0.300. The van der Waals surface area contributed by atoms with Crippen LogP contribution in [0.15, 0.2) is 77.8 Å². The van der Waals surface area contributed by atoms with E-state index in [1.54, 1.807) is 12.1 Å². The summed E-state index contributed by atoms with van der Waals surface area (Å²) in [6, 6.07) is 26.7. The lowest BCUT2D eigenvalue weighted by atomic mass is 9.69. The number of fused-ring (bicyclic) bond motifs is 6. The molecule has 0 N–H and O–H groups in total. The zero-order valence-electron chi connectivity index (χ0n) is 20.2. The molecule has 1 saturated carbocycles. The maximum atomic E-state index is 11.3. The molecule has 7 nitrogen and oxygen atoms in total. The van der Waals surface area contributed by atoms with Gasteiger partial charge in [-0.1, -0.05) is 73.9 Å². The molecule has 6 rings (SSSR count). The van der Waals surface area contributed by atoms with E-state index in [-0.39, 0.29) is 11.7 Å². The van der Waals surface area contributed by atoms with Gasteiger partial charge in [-0.3, -0.25) is 15.1 Å². The third-order valence-corrected chi connectivity index (χ3v) is 8.06. The summed E-state index contributed by atoms with van der Waals surface area (Å²) in [5.41, 5.74) is 3.08. The number of hydrogen-bond donors (Lipinski definition) is 0. The van der Waals surface area contributed by atoms with E-state index in [4.69, 9.17) is 4.99 Å². The van der Waals surface area contributed by atoms with Crippen LogP contribution >= 0.6 is 0 Å².